The molecule has 0 aromatic heterocycles. The zero-order valence-electron chi connectivity index (χ0n) is 17.0. The maximum Gasteiger partial charge on any atom is 0.394 e. The average Bonchev–Trinajstić information content (AvgIpc) is 2.71. The Kier molecular flexibility index (Phi) is 9.13. The van der Waals surface area contributed by atoms with Gasteiger partial charge in [-0.15, -0.1) is 0 Å². The van der Waals surface area contributed by atoms with Gasteiger partial charge >= 0.3 is 10.4 Å². The molecule has 2 aromatic rings. The highest BCUT2D eigenvalue weighted by molar-refractivity contribution is 7.79. The molecule has 3 unspecified atom stereocenters. The number of piperidine rings is 1. The summed E-state index contributed by atoms with van der Waals surface area (Å²) >= 11 is 0. The standard InChI is InChI=1S/C22H27NO2.H2O4S/c1-23-19(15-21(24)17-9-4-2-5-10-17)13-8-14-20(23)16-22(25)18-11-6-3-7-12-18;1-5(2,3)4/h2-7,9-12,19-21,24H,8,13-16H2,1H3;(H2,1,2,3,4). The van der Waals surface area contributed by atoms with Crippen molar-refractivity contribution in [3.05, 3.63) is 71.8 Å². The van der Waals surface area contributed by atoms with Crippen molar-refractivity contribution < 1.29 is 27.4 Å². The second kappa shape index (κ2) is 11.3. The van der Waals surface area contributed by atoms with Gasteiger partial charge in [0.25, 0.3) is 0 Å². The van der Waals surface area contributed by atoms with Gasteiger partial charge in [0, 0.05) is 24.1 Å². The number of hydrogen-bond acceptors (Lipinski definition) is 5. The van der Waals surface area contributed by atoms with Crippen molar-refractivity contribution in [3.63, 3.8) is 0 Å². The van der Waals surface area contributed by atoms with Gasteiger partial charge in [0.1, 0.15) is 0 Å². The summed E-state index contributed by atoms with van der Waals surface area (Å²) in [5, 5.41) is 10.5. The molecule has 3 rings (SSSR count). The van der Waals surface area contributed by atoms with Gasteiger partial charge in [0.15, 0.2) is 5.78 Å². The van der Waals surface area contributed by atoms with Crippen molar-refractivity contribution in [1.29, 1.82) is 0 Å². The zero-order chi connectivity index (χ0) is 22.1. The molecule has 8 heteroatoms. The molecule has 1 saturated heterocycles. The van der Waals surface area contributed by atoms with Gasteiger partial charge in [-0.2, -0.15) is 8.42 Å². The van der Waals surface area contributed by atoms with E-state index in [-0.39, 0.29) is 11.8 Å². The number of ketones is 1. The Balaban J connectivity index is 0.000000575. The lowest BCUT2D eigenvalue weighted by atomic mass is 9.88. The molecule has 3 N–H and O–H groups in total. The topological polar surface area (TPSA) is 115 Å². The zero-order valence-corrected chi connectivity index (χ0v) is 17.8. The number of benzene rings is 2. The van der Waals surface area contributed by atoms with E-state index in [0.717, 1.165) is 36.8 Å². The Hall–Kier alpha value is -2.10. The third-order valence-corrected chi connectivity index (χ3v) is 5.42. The largest absolute Gasteiger partial charge is 0.394 e. The highest BCUT2D eigenvalue weighted by atomic mass is 32.3. The number of rotatable bonds is 6. The minimum atomic E-state index is -4.67. The molecule has 164 valence electrons. The van der Waals surface area contributed by atoms with Gasteiger partial charge in [0.05, 0.1) is 6.10 Å². The Morgan fingerprint density at radius 2 is 1.50 bits per heavy atom. The molecule has 0 spiro atoms. The highest BCUT2D eigenvalue weighted by Crippen LogP contribution is 2.30. The van der Waals surface area contributed by atoms with Crippen LogP contribution in [0.4, 0.5) is 0 Å². The van der Waals surface area contributed by atoms with E-state index in [4.69, 9.17) is 17.5 Å². The van der Waals surface area contributed by atoms with Gasteiger partial charge < -0.3 is 5.11 Å². The van der Waals surface area contributed by atoms with Crippen LogP contribution in [0.5, 0.6) is 0 Å². The number of hydrogen-bond donors (Lipinski definition) is 3. The lowest BCUT2D eigenvalue weighted by molar-refractivity contribution is 0.0549. The van der Waals surface area contributed by atoms with E-state index in [9.17, 15) is 9.90 Å². The van der Waals surface area contributed by atoms with Crippen molar-refractivity contribution in [3.8, 4) is 0 Å². The van der Waals surface area contributed by atoms with Crippen molar-refractivity contribution in [2.45, 2.75) is 50.3 Å². The fourth-order valence-corrected chi connectivity index (χ4v) is 3.85. The molecule has 1 aliphatic heterocycles. The fourth-order valence-electron chi connectivity index (χ4n) is 3.85. The molecule has 0 bridgehead atoms. The Morgan fingerprint density at radius 1 is 1.00 bits per heavy atom. The molecule has 0 radical (unpaired) electrons. The third kappa shape index (κ3) is 8.33. The van der Waals surface area contributed by atoms with Crippen LogP contribution < -0.4 is 0 Å². The van der Waals surface area contributed by atoms with Crippen LogP contribution in [-0.2, 0) is 10.4 Å². The molecule has 3 atom stereocenters. The van der Waals surface area contributed by atoms with Gasteiger partial charge in [-0.25, -0.2) is 0 Å². The summed E-state index contributed by atoms with van der Waals surface area (Å²) in [6.07, 6.45) is 4.07. The first-order valence-electron chi connectivity index (χ1n) is 9.88. The van der Waals surface area contributed by atoms with E-state index in [1.165, 1.54) is 0 Å². The second-order valence-electron chi connectivity index (χ2n) is 7.51. The molecule has 0 amide bonds. The summed E-state index contributed by atoms with van der Waals surface area (Å²) in [4.78, 5) is 14.8. The van der Waals surface area contributed by atoms with Crippen LogP contribution >= 0.6 is 0 Å². The van der Waals surface area contributed by atoms with E-state index in [0.29, 0.717) is 12.5 Å². The molecular formula is C22H29NO6S. The summed E-state index contributed by atoms with van der Waals surface area (Å²) in [7, 11) is -2.56. The molecule has 1 heterocycles. The molecule has 7 nitrogen and oxygen atoms in total. The average molecular weight is 436 g/mol. The van der Waals surface area contributed by atoms with Crippen LogP contribution in [0.15, 0.2) is 60.7 Å². The van der Waals surface area contributed by atoms with Crippen LogP contribution in [0, 0.1) is 0 Å². The first kappa shape index (κ1) is 24.2. The summed E-state index contributed by atoms with van der Waals surface area (Å²) in [5.74, 6) is 0.210. The Morgan fingerprint density at radius 3 is 2.07 bits per heavy atom. The first-order chi connectivity index (χ1) is 14.1. The van der Waals surface area contributed by atoms with Crippen LogP contribution in [0.2, 0.25) is 0 Å². The maximum absolute atomic E-state index is 12.5. The Bertz CT molecular complexity index is 880. The summed E-state index contributed by atoms with van der Waals surface area (Å²) in [6.45, 7) is 0. The predicted molar refractivity (Wildman–Crippen MR) is 115 cm³/mol. The van der Waals surface area contributed by atoms with E-state index in [1.807, 2.05) is 60.7 Å². The lowest BCUT2D eigenvalue weighted by Gasteiger charge is -2.40. The van der Waals surface area contributed by atoms with E-state index >= 15 is 0 Å². The quantitative estimate of drug-likeness (QED) is 0.469. The van der Waals surface area contributed by atoms with Crippen LogP contribution in [-0.4, -0.2) is 52.4 Å². The second-order valence-corrected chi connectivity index (χ2v) is 8.40. The molecule has 0 aliphatic carbocycles. The van der Waals surface area contributed by atoms with Crippen LogP contribution in [0.1, 0.15) is 54.1 Å². The lowest BCUT2D eigenvalue weighted by Crippen LogP contribution is -2.45. The van der Waals surface area contributed by atoms with E-state index in [1.54, 1.807) is 0 Å². The number of carbonyl (C=O) groups is 1. The third-order valence-electron chi connectivity index (χ3n) is 5.42. The molecule has 0 saturated carbocycles. The Labute approximate surface area is 177 Å². The van der Waals surface area contributed by atoms with Gasteiger partial charge in [0.2, 0.25) is 0 Å². The van der Waals surface area contributed by atoms with Crippen molar-refractivity contribution in [2.75, 3.05) is 7.05 Å². The maximum atomic E-state index is 12.5. The van der Waals surface area contributed by atoms with E-state index in [2.05, 4.69) is 11.9 Å². The van der Waals surface area contributed by atoms with Gasteiger partial charge in [-0.3, -0.25) is 18.8 Å². The SMILES string of the molecule is CN1C(CC(=O)c2ccccc2)CCCC1CC(O)c1ccccc1.O=S(=O)(O)O. The number of nitrogens with zero attached hydrogens (tertiary/aromatic N) is 1. The van der Waals surface area contributed by atoms with E-state index < -0.39 is 16.5 Å². The number of aliphatic hydroxyl groups is 1. The number of carbonyl (C=O) groups excluding carboxylic acids is 1. The smallest absolute Gasteiger partial charge is 0.388 e. The summed E-state index contributed by atoms with van der Waals surface area (Å²) < 4.78 is 31.6. The van der Waals surface area contributed by atoms with Crippen molar-refractivity contribution >= 4 is 16.2 Å². The number of likely N-dealkylation sites (tertiary alicyclic amines) is 1. The van der Waals surface area contributed by atoms with Crippen LogP contribution in [0.3, 0.4) is 0 Å². The number of aliphatic hydroxyl groups excluding tert-OH is 1. The van der Waals surface area contributed by atoms with Crippen molar-refractivity contribution in [2.24, 2.45) is 0 Å². The van der Waals surface area contributed by atoms with Crippen LogP contribution in [0.25, 0.3) is 0 Å². The normalized spacial score (nSPS) is 20.7. The van der Waals surface area contributed by atoms with Gasteiger partial charge in [-0.1, -0.05) is 67.1 Å². The predicted octanol–water partition coefficient (Wildman–Crippen LogP) is 3.58. The monoisotopic (exact) mass is 435 g/mol. The minimum absolute atomic E-state index is 0.210. The fraction of sp³-hybridized carbons (Fsp3) is 0.409. The highest BCUT2D eigenvalue weighted by Gasteiger charge is 2.30. The molecular weight excluding hydrogens is 406 g/mol. The molecule has 1 fully saturated rings. The summed E-state index contributed by atoms with van der Waals surface area (Å²) in [6, 6.07) is 20.0. The van der Waals surface area contributed by atoms with Gasteiger partial charge in [-0.05, 0) is 31.9 Å². The first-order valence-corrected chi connectivity index (χ1v) is 11.3. The molecule has 30 heavy (non-hydrogen) atoms. The molecule has 2 aromatic carbocycles. The summed E-state index contributed by atoms with van der Waals surface area (Å²) in [5.41, 5.74) is 1.76. The van der Waals surface area contributed by atoms with Crippen molar-refractivity contribution in [1.82, 2.24) is 4.90 Å². The number of Topliss-reactive ketones (excluding diaryl/α,β-unsaturated/α-hetero) is 1. The minimum Gasteiger partial charge on any atom is -0.388 e. The molecule has 1 aliphatic rings.